The van der Waals surface area contributed by atoms with Gasteiger partial charge in [0, 0.05) is 58.0 Å². The molecule has 0 atom stereocenters. The van der Waals surface area contributed by atoms with Crippen molar-refractivity contribution in [2.24, 2.45) is 0 Å². The molecule has 1 fully saturated rings. The highest BCUT2D eigenvalue weighted by Gasteiger charge is 2.25. The molecule has 0 spiro atoms. The second kappa shape index (κ2) is 7.72. The van der Waals surface area contributed by atoms with Crippen molar-refractivity contribution in [3.05, 3.63) is 53.0 Å². The Hall–Kier alpha value is -2.63. The van der Waals surface area contributed by atoms with Gasteiger partial charge in [0.1, 0.15) is 11.6 Å². The van der Waals surface area contributed by atoms with Gasteiger partial charge in [0.2, 0.25) is 0 Å². The van der Waals surface area contributed by atoms with E-state index in [2.05, 4.69) is 41.1 Å². The maximum Gasteiger partial charge on any atom is 0.319 e. The molecule has 1 saturated heterocycles. The Morgan fingerprint density at radius 3 is 2.31 bits per heavy atom. The standard InChI is InChI=1S/C20H27N5O/c1-15-18(14-17-8-6-5-7-9-17)19(22-16(2)21-15)24-10-12-25(13-11-24)20(26)23(3)4/h5-9H,10-14H2,1-4H3. The van der Waals surface area contributed by atoms with Gasteiger partial charge in [-0.2, -0.15) is 0 Å². The van der Waals surface area contributed by atoms with E-state index in [0.717, 1.165) is 36.8 Å². The monoisotopic (exact) mass is 353 g/mol. The second-order valence-corrected chi connectivity index (χ2v) is 6.97. The molecule has 26 heavy (non-hydrogen) atoms. The number of rotatable bonds is 3. The summed E-state index contributed by atoms with van der Waals surface area (Å²) in [5.41, 5.74) is 3.46. The molecule has 2 aromatic rings. The number of urea groups is 1. The summed E-state index contributed by atoms with van der Waals surface area (Å²) in [5.74, 6) is 1.80. The number of anilines is 1. The zero-order valence-electron chi connectivity index (χ0n) is 16.1. The number of amides is 2. The highest BCUT2D eigenvalue weighted by molar-refractivity contribution is 5.74. The number of hydrogen-bond donors (Lipinski definition) is 0. The summed E-state index contributed by atoms with van der Waals surface area (Å²) in [6.45, 7) is 7.00. The van der Waals surface area contributed by atoms with Crippen molar-refractivity contribution < 1.29 is 4.79 Å². The van der Waals surface area contributed by atoms with Gasteiger partial charge < -0.3 is 14.7 Å². The molecule has 0 bridgehead atoms. The van der Waals surface area contributed by atoms with E-state index in [1.54, 1.807) is 19.0 Å². The fraction of sp³-hybridized carbons (Fsp3) is 0.450. The van der Waals surface area contributed by atoms with Gasteiger partial charge in [-0.3, -0.25) is 0 Å². The average molecular weight is 353 g/mol. The van der Waals surface area contributed by atoms with E-state index in [0.29, 0.717) is 13.1 Å². The predicted molar refractivity (Wildman–Crippen MR) is 104 cm³/mol. The molecule has 2 heterocycles. The Labute approximate surface area is 155 Å². The van der Waals surface area contributed by atoms with Crippen LogP contribution in [0.15, 0.2) is 30.3 Å². The first-order chi connectivity index (χ1) is 12.5. The third-order valence-electron chi connectivity index (χ3n) is 4.76. The van der Waals surface area contributed by atoms with Crippen molar-refractivity contribution in [3.8, 4) is 0 Å². The molecule has 1 aromatic carbocycles. The summed E-state index contributed by atoms with van der Waals surface area (Å²) in [5, 5.41) is 0. The largest absolute Gasteiger partial charge is 0.353 e. The molecule has 6 heteroatoms. The minimum Gasteiger partial charge on any atom is -0.353 e. The lowest BCUT2D eigenvalue weighted by atomic mass is 10.0. The Kier molecular flexibility index (Phi) is 5.40. The Balaban J connectivity index is 1.82. The van der Waals surface area contributed by atoms with Gasteiger partial charge in [-0.25, -0.2) is 14.8 Å². The van der Waals surface area contributed by atoms with Crippen LogP contribution in [0.3, 0.4) is 0 Å². The Morgan fingerprint density at radius 2 is 1.69 bits per heavy atom. The molecule has 0 N–H and O–H groups in total. The summed E-state index contributed by atoms with van der Waals surface area (Å²) >= 11 is 0. The van der Waals surface area contributed by atoms with Crippen molar-refractivity contribution in [2.45, 2.75) is 20.3 Å². The smallest absolute Gasteiger partial charge is 0.319 e. The van der Waals surface area contributed by atoms with E-state index >= 15 is 0 Å². The van der Waals surface area contributed by atoms with Crippen LogP contribution >= 0.6 is 0 Å². The molecule has 1 aromatic heterocycles. The predicted octanol–water partition coefficient (Wildman–Crippen LogP) is 2.49. The lowest BCUT2D eigenvalue weighted by Gasteiger charge is -2.37. The zero-order chi connectivity index (χ0) is 18.7. The van der Waals surface area contributed by atoms with E-state index in [1.807, 2.05) is 17.9 Å². The normalized spacial score (nSPS) is 14.5. The maximum atomic E-state index is 12.2. The first-order valence-electron chi connectivity index (χ1n) is 9.05. The zero-order valence-corrected chi connectivity index (χ0v) is 16.1. The highest BCUT2D eigenvalue weighted by atomic mass is 16.2. The van der Waals surface area contributed by atoms with Crippen molar-refractivity contribution in [1.82, 2.24) is 19.8 Å². The minimum atomic E-state index is 0.0733. The average Bonchev–Trinajstić information content (AvgIpc) is 2.64. The molecule has 1 aliphatic rings. The van der Waals surface area contributed by atoms with Gasteiger partial charge in [-0.15, -0.1) is 0 Å². The lowest BCUT2D eigenvalue weighted by molar-refractivity contribution is 0.168. The molecule has 138 valence electrons. The lowest BCUT2D eigenvalue weighted by Crippen LogP contribution is -2.52. The van der Waals surface area contributed by atoms with E-state index in [-0.39, 0.29) is 6.03 Å². The van der Waals surface area contributed by atoms with E-state index < -0.39 is 0 Å². The number of piperazine rings is 1. The first kappa shape index (κ1) is 18.2. The molecular formula is C20H27N5O. The SMILES string of the molecule is Cc1nc(C)c(Cc2ccccc2)c(N2CCN(C(=O)N(C)C)CC2)n1. The molecule has 3 rings (SSSR count). The summed E-state index contributed by atoms with van der Waals surface area (Å²) < 4.78 is 0. The summed E-state index contributed by atoms with van der Waals surface area (Å²) in [7, 11) is 3.59. The summed E-state index contributed by atoms with van der Waals surface area (Å²) in [6, 6.07) is 10.5. The number of hydrogen-bond acceptors (Lipinski definition) is 4. The fourth-order valence-corrected chi connectivity index (χ4v) is 3.38. The molecule has 0 radical (unpaired) electrons. The van der Waals surface area contributed by atoms with Crippen LogP contribution in [0.25, 0.3) is 0 Å². The van der Waals surface area contributed by atoms with Crippen LogP contribution in [0.1, 0.15) is 22.6 Å². The van der Waals surface area contributed by atoms with Crippen LogP contribution in [0, 0.1) is 13.8 Å². The van der Waals surface area contributed by atoms with Gasteiger partial charge in [-0.05, 0) is 19.4 Å². The van der Waals surface area contributed by atoms with Crippen LogP contribution < -0.4 is 4.90 Å². The minimum absolute atomic E-state index is 0.0733. The first-order valence-corrected chi connectivity index (χ1v) is 9.05. The molecule has 2 amide bonds. The van der Waals surface area contributed by atoms with Crippen molar-refractivity contribution in [2.75, 3.05) is 45.2 Å². The number of benzene rings is 1. The Morgan fingerprint density at radius 1 is 1.04 bits per heavy atom. The number of carbonyl (C=O) groups is 1. The topological polar surface area (TPSA) is 52.6 Å². The van der Waals surface area contributed by atoms with Crippen LogP contribution in [0.5, 0.6) is 0 Å². The maximum absolute atomic E-state index is 12.2. The van der Waals surface area contributed by atoms with Gasteiger partial charge in [-0.1, -0.05) is 30.3 Å². The van der Waals surface area contributed by atoms with Gasteiger partial charge in [0.25, 0.3) is 0 Å². The number of aromatic nitrogens is 2. The van der Waals surface area contributed by atoms with E-state index in [9.17, 15) is 4.79 Å². The van der Waals surface area contributed by atoms with Crippen LogP contribution in [-0.4, -0.2) is 66.1 Å². The second-order valence-electron chi connectivity index (χ2n) is 6.97. The van der Waals surface area contributed by atoms with Crippen molar-refractivity contribution in [1.29, 1.82) is 0 Å². The third kappa shape index (κ3) is 3.95. The van der Waals surface area contributed by atoms with Crippen LogP contribution in [0.2, 0.25) is 0 Å². The van der Waals surface area contributed by atoms with E-state index in [1.165, 1.54) is 11.1 Å². The molecule has 6 nitrogen and oxygen atoms in total. The molecule has 0 unspecified atom stereocenters. The quantitative estimate of drug-likeness (QED) is 0.851. The van der Waals surface area contributed by atoms with Crippen LogP contribution in [-0.2, 0) is 6.42 Å². The number of nitrogens with zero attached hydrogens (tertiary/aromatic N) is 5. The van der Waals surface area contributed by atoms with Gasteiger partial charge in [0.15, 0.2) is 0 Å². The van der Waals surface area contributed by atoms with Gasteiger partial charge >= 0.3 is 6.03 Å². The molecule has 0 aliphatic carbocycles. The summed E-state index contributed by atoms with van der Waals surface area (Å²) in [6.07, 6.45) is 0.819. The number of carbonyl (C=O) groups excluding carboxylic acids is 1. The fourth-order valence-electron chi connectivity index (χ4n) is 3.38. The third-order valence-corrected chi connectivity index (χ3v) is 4.76. The van der Waals surface area contributed by atoms with Crippen molar-refractivity contribution in [3.63, 3.8) is 0 Å². The van der Waals surface area contributed by atoms with Crippen LogP contribution in [0.4, 0.5) is 10.6 Å². The molecule has 1 aliphatic heterocycles. The van der Waals surface area contributed by atoms with Crippen molar-refractivity contribution >= 4 is 11.8 Å². The molecule has 0 saturated carbocycles. The van der Waals surface area contributed by atoms with Gasteiger partial charge in [0.05, 0.1) is 0 Å². The summed E-state index contributed by atoms with van der Waals surface area (Å²) in [4.78, 5) is 27.3. The highest BCUT2D eigenvalue weighted by Crippen LogP contribution is 2.25. The van der Waals surface area contributed by atoms with E-state index in [4.69, 9.17) is 4.98 Å². The molecular weight excluding hydrogens is 326 g/mol. The number of aryl methyl sites for hydroxylation is 2. The Bertz CT molecular complexity index is 767.